The lowest BCUT2D eigenvalue weighted by Gasteiger charge is -2.30. The van der Waals surface area contributed by atoms with Crippen LogP contribution >= 0.6 is 0 Å². The summed E-state index contributed by atoms with van der Waals surface area (Å²) in [4.78, 5) is 13.8. The third-order valence-electron chi connectivity index (χ3n) is 3.57. The molecule has 6 nitrogen and oxygen atoms in total. The van der Waals surface area contributed by atoms with Gasteiger partial charge in [-0.1, -0.05) is 0 Å². The van der Waals surface area contributed by atoms with Gasteiger partial charge in [-0.25, -0.2) is 4.98 Å². The highest BCUT2D eigenvalue weighted by Gasteiger charge is 2.35. The molecule has 0 aliphatic carbocycles. The lowest BCUT2D eigenvalue weighted by atomic mass is 10.1. The standard InChI is InChI=1S/C14H15F3N6/c15-14(16,17)10-2-1-3-20-11(10)9-8-21-13(18)22-12(9)23-6-4-19-5-7-23/h1-3,8,19H,4-7H2,(H2,18,21,22). The van der Waals surface area contributed by atoms with E-state index in [2.05, 4.69) is 20.3 Å². The molecule has 3 heterocycles. The molecular formula is C14H15F3N6. The highest BCUT2D eigenvalue weighted by Crippen LogP contribution is 2.38. The van der Waals surface area contributed by atoms with Gasteiger partial charge in [-0.3, -0.25) is 4.98 Å². The predicted molar refractivity (Wildman–Crippen MR) is 79.8 cm³/mol. The normalized spacial score (nSPS) is 15.7. The van der Waals surface area contributed by atoms with E-state index in [0.717, 1.165) is 19.2 Å². The van der Waals surface area contributed by atoms with Gasteiger partial charge in [0, 0.05) is 38.6 Å². The van der Waals surface area contributed by atoms with E-state index in [-0.39, 0.29) is 17.2 Å². The molecule has 0 bridgehead atoms. The molecule has 3 N–H and O–H groups in total. The van der Waals surface area contributed by atoms with Gasteiger partial charge >= 0.3 is 6.18 Å². The molecule has 1 saturated heterocycles. The molecule has 2 aromatic heterocycles. The average Bonchev–Trinajstić information content (AvgIpc) is 2.55. The number of hydrogen-bond donors (Lipinski definition) is 2. The van der Waals surface area contributed by atoms with Crippen LogP contribution < -0.4 is 16.0 Å². The van der Waals surface area contributed by atoms with Gasteiger partial charge in [0.2, 0.25) is 5.95 Å². The number of nitrogen functional groups attached to an aromatic ring is 1. The Hall–Kier alpha value is -2.42. The van der Waals surface area contributed by atoms with Crippen LogP contribution in [0.3, 0.4) is 0 Å². The van der Waals surface area contributed by atoms with E-state index in [4.69, 9.17) is 5.73 Å². The van der Waals surface area contributed by atoms with E-state index in [1.807, 2.05) is 4.90 Å². The fourth-order valence-corrected chi connectivity index (χ4v) is 2.52. The maximum Gasteiger partial charge on any atom is 0.418 e. The van der Waals surface area contributed by atoms with Crippen LogP contribution in [0, 0.1) is 0 Å². The van der Waals surface area contributed by atoms with Gasteiger partial charge in [0.25, 0.3) is 0 Å². The number of alkyl halides is 3. The smallest absolute Gasteiger partial charge is 0.368 e. The van der Waals surface area contributed by atoms with Gasteiger partial charge in [-0.05, 0) is 12.1 Å². The first-order chi connectivity index (χ1) is 11.0. The Bertz CT molecular complexity index is 697. The molecular weight excluding hydrogens is 309 g/mol. The van der Waals surface area contributed by atoms with Gasteiger partial charge in [0.1, 0.15) is 5.82 Å². The number of pyridine rings is 1. The number of anilines is 2. The van der Waals surface area contributed by atoms with Crippen molar-refractivity contribution < 1.29 is 13.2 Å². The number of piperazine rings is 1. The lowest BCUT2D eigenvalue weighted by molar-refractivity contribution is -0.137. The van der Waals surface area contributed by atoms with Crippen molar-refractivity contribution in [2.24, 2.45) is 0 Å². The number of nitrogens with one attached hydrogen (secondary N) is 1. The summed E-state index contributed by atoms with van der Waals surface area (Å²) in [6.07, 6.45) is -1.88. The highest BCUT2D eigenvalue weighted by atomic mass is 19.4. The maximum atomic E-state index is 13.3. The number of hydrogen-bond acceptors (Lipinski definition) is 6. The van der Waals surface area contributed by atoms with E-state index in [1.54, 1.807) is 0 Å². The van der Waals surface area contributed by atoms with Gasteiger partial charge < -0.3 is 16.0 Å². The summed E-state index contributed by atoms with van der Waals surface area (Å²) < 4.78 is 39.8. The second-order valence-electron chi connectivity index (χ2n) is 5.10. The van der Waals surface area contributed by atoms with Crippen molar-refractivity contribution in [1.29, 1.82) is 0 Å². The van der Waals surface area contributed by atoms with Crippen molar-refractivity contribution in [3.8, 4) is 11.3 Å². The molecule has 0 aromatic carbocycles. The zero-order valence-electron chi connectivity index (χ0n) is 12.1. The van der Waals surface area contributed by atoms with Crippen LogP contribution in [0.25, 0.3) is 11.3 Å². The first kappa shape index (κ1) is 15.5. The van der Waals surface area contributed by atoms with E-state index >= 15 is 0 Å². The first-order valence-electron chi connectivity index (χ1n) is 7.07. The van der Waals surface area contributed by atoms with Gasteiger partial charge in [0.05, 0.1) is 16.8 Å². The largest absolute Gasteiger partial charge is 0.418 e. The number of rotatable bonds is 2. The van der Waals surface area contributed by atoms with E-state index in [9.17, 15) is 13.2 Å². The Kier molecular flexibility index (Phi) is 4.03. The van der Waals surface area contributed by atoms with Crippen molar-refractivity contribution in [3.05, 3.63) is 30.1 Å². The minimum absolute atomic E-state index is 0.0202. The third kappa shape index (κ3) is 3.19. The molecule has 1 aliphatic heterocycles. The Morgan fingerprint density at radius 3 is 2.61 bits per heavy atom. The molecule has 0 atom stereocenters. The van der Waals surface area contributed by atoms with E-state index < -0.39 is 11.7 Å². The van der Waals surface area contributed by atoms with Crippen molar-refractivity contribution >= 4 is 11.8 Å². The molecule has 23 heavy (non-hydrogen) atoms. The second kappa shape index (κ2) is 5.99. The minimum Gasteiger partial charge on any atom is -0.368 e. The molecule has 9 heteroatoms. The fraction of sp³-hybridized carbons (Fsp3) is 0.357. The molecule has 0 amide bonds. The molecule has 1 fully saturated rings. The number of nitrogens with two attached hydrogens (primary N) is 1. The average molecular weight is 324 g/mol. The Labute approximate surface area is 130 Å². The second-order valence-corrected chi connectivity index (χ2v) is 5.10. The van der Waals surface area contributed by atoms with Crippen LogP contribution in [0.2, 0.25) is 0 Å². The van der Waals surface area contributed by atoms with E-state index in [0.29, 0.717) is 18.9 Å². The number of nitrogens with zero attached hydrogens (tertiary/aromatic N) is 4. The fourth-order valence-electron chi connectivity index (χ4n) is 2.52. The lowest BCUT2D eigenvalue weighted by Crippen LogP contribution is -2.44. The minimum atomic E-state index is -4.51. The molecule has 0 radical (unpaired) electrons. The zero-order valence-corrected chi connectivity index (χ0v) is 12.1. The van der Waals surface area contributed by atoms with Crippen molar-refractivity contribution in [1.82, 2.24) is 20.3 Å². The number of halogens is 3. The van der Waals surface area contributed by atoms with Crippen LogP contribution in [-0.2, 0) is 6.18 Å². The van der Waals surface area contributed by atoms with Crippen LogP contribution in [0.15, 0.2) is 24.5 Å². The SMILES string of the molecule is Nc1ncc(-c2ncccc2C(F)(F)F)c(N2CCNCC2)n1. The Morgan fingerprint density at radius 1 is 1.17 bits per heavy atom. The molecule has 2 aromatic rings. The zero-order chi connectivity index (χ0) is 16.4. The monoisotopic (exact) mass is 324 g/mol. The molecule has 122 valence electrons. The molecule has 0 saturated carbocycles. The molecule has 0 unspecified atom stereocenters. The van der Waals surface area contributed by atoms with Crippen LogP contribution in [0.4, 0.5) is 24.9 Å². The molecule has 0 spiro atoms. The van der Waals surface area contributed by atoms with Crippen LogP contribution in [0.5, 0.6) is 0 Å². The predicted octanol–water partition coefficient (Wildman–Crippen LogP) is 1.55. The summed E-state index contributed by atoms with van der Waals surface area (Å²) in [5.41, 5.74) is 4.86. The summed E-state index contributed by atoms with van der Waals surface area (Å²) in [5, 5.41) is 3.18. The first-order valence-corrected chi connectivity index (χ1v) is 7.07. The molecule has 1 aliphatic rings. The number of aromatic nitrogens is 3. The topological polar surface area (TPSA) is 80.0 Å². The Morgan fingerprint density at radius 2 is 1.91 bits per heavy atom. The summed E-state index contributed by atoms with van der Waals surface area (Å²) in [7, 11) is 0. The van der Waals surface area contributed by atoms with Crippen molar-refractivity contribution in [2.75, 3.05) is 36.8 Å². The summed E-state index contributed by atoms with van der Waals surface area (Å²) >= 11 is 0. The third-order valence-corrected chi connectivity index (χ3v) is 3.57. The van der Waals surface area contributed by atoms with Crippen molar-refractivity contribution in [3.63, 3.8) is 0 Å². The molecule has 3 rings (SSSR count). The van der Waals surface area contributed by atoms with Gasteiger partial charge in [-0.2, -0.15) is 18.2 Å². The van der Waals surface area contributed by atoms with E-state index in [1.165, 1.54) is 18.5 Å². The van der Waals surface area contributed by atoms with Crippen LogP contribution in [-0.4, -0.2) is 41.1 Å². The van der Waals surface area contributed by atoms with Gasteiger partial charge in [0.15, 0.2) is 0 Å². The van der Waals surface area contributed by atoms with Gasteiger partial charge in [-0.15, -0.1) is 0 Å². The maximum absolute atomic E-state index is 13.3. The summed E-state index contributed by atoms with van der Waals surface area (Å²) in [5.74, 6) is 0.398. The van der Waals surface area contributed by atoms with Crippen LogP contribution in [0.1, 0.15) is 5.56 Å². The summed E-state index contributed by atoms with van der Waals surface area (Å²) in [6.45, 7) is 2.69. The van der Waals surface area contributed by atoms with Crippen molar-refractivity contribution in [2.45, 2.75) is 6.18 Å². The summed E-state index contributed by atoms with van der Waals surface area (Å²) in [6, 6.07) is 2.26. The quantitative estimate of drug-likeness (QED) is 0.872. The Balaban J connectivity index is 2.14. The highest BCUT2D eigenvalue weighted by molar-refractivity contribution is 5.76.